The van der Waals surface area contributed by atoms with Gasteiger partial charge in [-0.3, -0.25) is 4.31 Å². The minimum atomic E-state index is -3.19. The summed E-state index contributed by atoms with van der Waals surface area (Å²) in [6.45, 7) is 0.555. The van der Waals surface area contributed by atoms with Crippen LogP contribution in [0.25, 0.3) is 0 Å². The highest BCUT2D eigenvalue weighted by Crippen LogP contribution is 2.32. The number of benzene rings is 1. The number of methoxy groups -OCH3 is 1. The van der Waals surface area contributed by atoms with Gasteiger partial charge in [0.25, 0.3) is 0 Å². The van der Waals surface area contributed by atoms with Gasteiger partial charge in [0.2, 0.25) is 10.0 Å². The van der Waals surface area contributed by atoms with E-state index in [1.165, 1.54) is 10.6 Å². The number of anilines is 1. The molecule has 0 radical (unpaired) electrons. The van der Waals surface area contributed by atoms with Gasteiger partial charge < -0.3 is 4.74 Å². The quantitative estimate of drug-likeness (QED) is 0.786. The molecule has 16 heavy (non-hydrogen) atoms. The van der Waals surface area contributed by atoms with E-state index in [1.54, 1.807) is 13.2 Å². The molecular formula is C11H15NO3S. The Kier molecular flexibility index (Phi) is 2.80. The van der Waals surface area contributed by atoms with Crippen LogP contribution in [0.15, 0.2) is 18.2 Å². The van der Waals surface area contributed by atoms with Crippen LogP contribution in [0.4, 0.5) is 5.69 Å². The largest absolute Gasteiger partial charge is 0.497 e. The Morgan fingerprint density at radius 2 is 2.12 bits per heavy atom. The molecule has 1 aliphatic heterocycles. The van der Waals surface area contributed by atoms with Gasteiger partial charge in [0.1, 0.15) is 5.75 Å². The van der Waals surface area contributed by atoms with Crippen molar-refractivity contribution in [3.05, 3.63) is 23.8 Å². The normalized spacial score (nSPS) is 15.8. The molecule has 1 aliphatic rings. The van der Waals surface area contributed by atoms with Crippen LogP contribution in [0.3, 0.4) is 0 Å². The average molecular weight is 241 g/mol. The number of ether oxygens (including phenoxy) is 1. The first-order chi connectivity index (χ1) is 7.52. The van der Waals surface area contributed by atoms with Crippen LogP contribution in [0.1, 0.15) is 12.0 Å². The predicted molar refractivity (Wildman–Crippen MR) is 63.5 cm³/mol. The molecule has 0 aromatic heterocycles. The standard InChI is InChI=1S/C11H15NO3S/c1-15-10-6-5-9-4-3-7-12(11(9)8-10)16(2,13)14/h5-6,8H,3-4,7H2,1-2H3. The van der Waals surface area contributed by atoms with Crippen LogP contribution < -0.4 is 9.04 Å². The summed E-state index contributed by atoms with van der Waals surface area (Å²) < 4.78 is 29.8. The number of nitrogens with zero attached hydrogens (tertiary/aromatic N) is 1. The Morgan fingerprint density at radius 3 is 2.75 bits per heavy atom. The van der Waals surface area contributed by atoms with Gasteiger partial charge in [0.05, 0.1) is 19.1 Å². The summed E-state index contributed by atoms with van der Waals surface area (Å²) >= 11 is 0. The summed E-state index contributed by atoms with van der Waals surface area (Å²) in [6, 6.07) is 5.59. The topological polar surface area (TPSA) is 46.6 Å². The van der Waals surface area contributed by atoms with E-state index in [-0.39, 0.29) is 0 Å². The summed E-state index contributed by atoms with van der Waals surface area (Å²) in [7, 11) is -1.61. The third-order valence-electron chi connectivity index (χ3n) is 2.77. The lowest BCUT2D eigenvalue weighted by Crippen LogP contribution is -2.34. The van der Waals surface area contributed by atoms with Crippen LogP contribution in [-0.4, -0.2) is 28.3 Å². The van der Waals surface area contributed by atoms with E-state index in [4.69, 9.17) is 4.74 Å². The van der Waals surface area contributed by atoms with Crippen molar-refractivity contribution in [2.45, 2.75) is 12.8 Å². The molecule has 88 valence electrons. The van der Waals surface area contributed by atoms with Crippen molar-refractivity contribution in [3.63, 3.8) is 0 Å². The Bertz CT molecular complexity index is 496. The van der Waals surface area contributed by atoms with Crippen molar-refractivity contribution in [2.24, 2.45) is 0 Å². The first kappa shape index (κ1) is 11.3. The molecule has 0 fully saturated rings. The van der Waals surface area contributed by atoms with E-state index in [0.717, 1.165) is 24.1 Å². The van der Waals surface area contributed by atoms with Crippen LogP contribution >= 0.6 is 0 Å². The van der Waals surface area contributed by atoms with E-state index in [0.29, 0.717) is 12.3 Å². The van der Waals surface area contributed by atoms with Crippen LogP contribution in [0.2, 0.25) is 0 Å². The molecule has 4 nitrogen and oxygen atoms in total. The fraction of sp³-hybridized carbons (Fsp3) is 0.455. The Labute approximate surface area is 95.9 Å². The van der Waals surface area contributed by atoms with Gasteiger partial charge in [-0.25, -0.2) is 8.42 Å². The fourth-order valence-corrected chi connectivity index (χ4v) is 2.98. The molecule has 0 saturated carbocycles. The summed E-state index contributed by atoms with van der Waals surface area (Å²) in [6.07, 6.45) is 3.03. The third-order valence-corrected chi connectivity index (χ3v) is 3.95. The first-order valence-electron chi connectivity index (χ1n) is 5.17. The summed E-state index contributed by atoms with van der Waals surface area (Å²) in [4.78, 5) is 0. The predicted octanol–water partition coefficient (Wildman–Crippen LogP) is 1.41. The van der Waals surface area contributed by atoms with Crippen LogP contribution in [0.5, 0.6) is 5.75 Å². The van der Waals surface area contributed by atoms with Gasteiger partial charge in [-0.1, -0.05) is 6.07 Å². The van der Waals surface area contributed by atoms with Gasteiger partial charge >= 0.3 is 0 Å². The molecule has 0 N–H and O–H groups in total. The average Bonchev–Trinajstić information content (AvgIpc) is 2.26. The lowest BCUT2D eigenvalue weighted by molar-refractivity contribution is 0.414. The highest BCUT2D eigenvalue weighted by Gasteiger charge is 2.24. The van der Waals surface area contributed by atoms with Gasteiger partial charge in [-0.2, -0.15) is 0 Å². The van der Waals surface area contributed by atoms with E-state index < -0.39 is 10.0 Å². The first-order valence-corrected chi connectivity index (χ1v) is 7.02. The molecular weight excluding hydrogens is 226 g/mol. The molecule has 1 heterocycles. The van der Waals surface area contributed by atoms with Crippen molar-refractivity contribution in [2.75, 3.05) is 24.2 Å². The third kappa shape index (κ3) is 2.00. The molecule has 5 heteroatoms. The van der Waals surface area contributed by atoms with Crippen LogP contribution in [0, 0.1) is 0 Å². The second-order valence-corrected chi connectivity index (χ2v) is 5.84. The lowest BCUT2D eigenvalue weighted by Gasteiger charge is -2.29. The van der Waals surface area contributed by atoms with E-state index >= 15 is 0 Å². The molecule has 2 rings (SSSR count). The number of hydrogen-bond acceptors (Lipinski definition) is 3. The Hall–Kier alpha value is -1.23. The highest BCUT2D eigenvalue weighted by molar-refractivity contribution is 7.92. The molecule has 0 unspecified atom stereocenters. The summed E-state index contributed by atoms with van der Waals surface area (Å²) in [5.41, 5.74) is 1.82. The maximum absolute atomic E-state index is 11.6. The molecule has 1 aromatic rings. The zero-order valence-electron chi connectivity index (χ0n) is 9.43. The van der Waals surface area contributed by atoms with Gasteiger partial charge in [-0.15, -0.1) is 0 Å². The summed E-state index contributed by atoms with van der Waals surface area (Å²) in [5.74, 6) is 0.689. The van der Waals surface area contributed by atoms with Crippen molar-refractivity contribution >= 4 is 15.7 Å². The second-order valence-electron chi connectivity index (χ2n) is 3.93. The van der Waals surface area contributed by atoms with E-state index in [1.807, 2.05) is 12.1 Å². The molecule has 1 aromatic carbocycles. The number of rotatable bonds is 2. The SMILES string of the molecule is COc1ccc2c(c1)N(S(C)(=O)=O)CCC2. The van der Waals surface area contributed by atoms with Crippen molar-refractivity contribution in [3.8, 4) is 5.75 Å². The minimum absolute atomic E-state index is 0.555. The smallest absolute Gasteiger partial charge is 0.232 e. The zero-order chi connectivity index (χ0) is 11.8. The number of fused-ring (bicyclic) bond motifs is 1. The van der Waals surface area contributed by atoms with Crippen LogP contribution in [-0.2, 0) is 16.4 Å². The van der Waals surface area contributed by atoms with E-state index in [9.17, 15) is 8.42 Å². The van der Waals surface area contributed by atoms with Gasteiger partial charge in [0.15, 0.2) is 0 Å². The minimum Gasteiger partial charge on any atom is -0.497 e. The lowest BCUT2D eigenvalue weighted by atomic mass is 10.0. The van der Waals surface area contributed by atoms with E-state index in [2.05, 4.69) is 0 Å². The van der Waals surface area contributed by atoms with Crippen molar-refractivity contribution < 1.29 is 13.2 Å². The molecule has 0 atom stereocenters. The van der Waals surface area contributed by atoms with Crippen molar-refractivity contribution in [1.82, 2.24) is 0 Å². The van der Waals surface area contributed by atoms with Gasteiger partial charge in [0, 0.05) is 12.6 Å². The monoisotopic (exact) mass is 241 g/mol. The maximum Gasteiger partial charge on any atom is 0.232 e. The molecule has 0 amide bonds. The highest BCUT2D eigenvalue weighted by atomic mass is 32.2. The molecule has 0 bridgehead atoms. The Morgan fingerprint density at radius 1 is 1.38 bits per heavy atom. The number of sulfonamides is 1. The molecule has 0 saturated heterocycles. The fourth-order valence-electron chi connectivity index (χ4n) is 1.99. The molecule has 0 spiro atoms. The second kappa shape index (κ2) is 3.97. The molecule has 0 aliphatic carbocycles. The number of hydrogen-bond donors (Lipinski definition) is 0. The Balaban J connectivity index is 2.52. The number of aryl methyl sites for hydroxylation is 1. The maximum atomic E-state index is 11.6. The van der Waals surface area contributed by atoms with Gasteiger partial charge in [-0.05, 0) is 24.5 Å². The summed E-state index contributed by atoms with van der Waals surface area (Å²) in [5, 5.41) is 0. The zero-order valence-corrected chi connectivity index (χ0v) is 10.3. The van der Waals surface area contributed by atoms with Crippen molar-refractivity contribution in [1.29, 1.82) is 0 Å².